The molecule has 2 rings (SSSR count). The lowest BCUT2D eigenvalue weighted by Gasteiger charge is -2.38. The lowest BCUT2D eigenvalue weighted by Crippen LogP contribution is -2.49. The summed E-state index contributed by atoms with van der Waals surface area (Å²) in [6, 6.07) is 0. The number of carbonyl (C=O) groups is 2. The summed E-state index contributed by atoms with van der Waals surface area (Å²) in [7, 11) is 1.54. The highest BCUT2D eigenvalue weighted by Crippen LogP contribution is 2.37. The molecule has 0 saturated carbocycles. The Labute approximate surface area is 113 Å². The number of carbonyl (C=O) groups excluding carboxylic acids is 2. The molecule has 1 saturated heterocycles. The first-order valence-corrected chi connectivity index (χ1v) is 6.74. The van der Waals surface area contributed by atoms with E-state index < -0.39 is 6.17 Å². The molecule has 0 bridgehead atoms. The van der Waals surface area contributed by atoms with Crippen molar-refractivity contribution >= 4 is 11.8 Å². The van der Waals surface area contributed by atoms with Crippen LogP contribution >= 0.6 is 0 Å². The molecule has 4 heteroatoms. The normalized spacial score (nSPS) is 31.9. The minimum atomic E-state index is -0.945. The van der Waals surface area contributed by atoms with Crippen LogP contribution in [0.5, 0.6) is 0 Å². The number of likely N-dealkylation sites (tertiary alicyclic amines) is 1. The zero-order valence-electron chi connectivity index (χ0n) is 11.6. The van der Waals surface area contributed by atoms with Crippen LogP contribution in [0, 0.1) is 17.8 Å². The van der Waals surface area contributed by atoms with Gasteiger partial charge >= 0.3 is 0 Å². The zero-order valence-corrected chi connectivity index (χ0v) is 11.6. The largest absolute Gasteiger partial charge is 0.285 e. The summed E-state index contributed by atoms with van der Waals surface area (Å²) in [5, 5.41) is 0. The van der Waals surface area contributed by atoms with Crippen LogP contribution in [0.15, 0.2) is 23.8 Å². The fraction of sp³-hybridized carbons (Fsp3) is 0.600. The quantitative estimate of drug-likeness (QED) is 0.719. The van der Waals surface area contributed by atoms with Crippen molar-refractivity contribution in [3.05, 3.63) is 23.8 Å². The van der Waals surface area contributed by atoms with Crippen LogP contribution in [0.25, 0.3) is 0 Å². The van der Waals surface area contributed by atoms with Crippen LogP contribution in [-0.4, -0.2) is 29.9 Å². The van der Waals surface area contributed by atoms with Gasteiger partial charge in [0, 0.05) is 31.7 Å². The van der Waals surface area contributed by atoms with E-state index in [4.69, 9.17) is 0 Å². The molecule has 0 aromatic carbocycles. The van der Waals surface area contributed by atoms with Gasteiger partial charge in [0.25, 0.3) is 0 Å². The molecule has 1 fully saturated rings. The van der Waals surface area contributed by atoms with Gasteiger partial charge in [-0.05, 0) is 11.5 Å². The van der Waals surface area contributed by atoms with Gasteiger partial charge in [-0.2, -0.15) is 0 Å². The maximum Gasteiger partial charge on any atom is 0.232 e. The molecule has 0 N–H and O–H groups in total. The maximum atomic E-state index is 13.1. The first kappa shape index (κ1) is 14.0. The second kappa shape index (κ2) is 5.27. The van der Waals surface area contributed by atoms with Gasteiger partial charge in [-0.15, -0.1) is 0 Å². The Balaban J connectivity index is 2.29. The molecule has 0 spiro atoms. The predicted molar refractivity (Wildman–Crippen MR) is 70.9 cm³/mol. The van der Waals surface area contributed by atoms with E-state index in [9.17, 15) is 14.0 Å². The molecule has 0 aromatic rings. The second-order valence-electron chi connectivity index (χ2n) is 5.69. The summed E-state index contributed by atoms with van der Waals surface area (Å²) in [6.07, 6.45) is 4.80. The van der Waals surface area contributed by atoms with Gasteiger partial charge in [-0.1, -0.05) is 32.1 Å². The van der Waals surface area contributed by atoms with Gasteiger partial charge in [0.15, 0.2) is 0 Å². The first-order chi connectivity index (χ1) is 8.91. The van der Waals surface area contributed by atoms with Crippen LogP contribution in [0.1, 0.15) is 26.7 Å². The average Bonchev–Trinajstić information content (AvgIpc) is 2.36. The third-order valence-corrected chi connectivity index (χ3v) is 4.04. The smallest absolute Gasteiger partial charge is 0.232 e. The van der Waals surface area contributed by atoms with Gasteiger partial charge in [0.05, 0.1) is 0 Å². The van der Waals surface area contributed by atoms with Crippen molar-refractivity contribution in [3.8, 4) is 0 Å². The fourth-order valence-corrected chi connectivity index (χ4v) is 2.93. The predicted octanol–water partition coefficient (Wildman–Crippen LogP) is 2.49. The van der Waals surface area contributed by atoms with E-state index in [1.807, 2.05) is 19.9 Å². The third-order valence-electron chi connectivity index (χ3n) is 4.04. The van der Waals surface area contributed by atoms with Crippen molar-refractivity contribution < 1.29 is 14.0 Å². The van der Waals surface area contributed by atoms with Crippen molar-refractivity contribution in [3.63, 3.8) is 0 Å². The molecule has 1 aliphatic heterocycles. The maximum absolute atomic E-state index is 13.1. The number of hydrogen-bond acceptors (Lipinski definition) is 2. The highest BCUT2D eigenvalue weighted by Gasteiger charge is 2.42. The second-order valence-corrected chi connectivity index (χ2v) is 5.69. The lowest BCUT2D eigenvalue weighted by atomic mass is 9.73. The minimum absolute atomic E-state index is 0.111. The van der Waals surface area contributed by atoms with E-state index in [2.05, 4.69) is 0 Å². The molecule has 0 aromatic heterocycles. The van der Waals surface area contributed by atoms with Gasteiger partial charge in [0.2, 0.25) is 11.8 Å². The molecular weight excluding hydrogens is 245 g/mol. The Morgan fingerprint density at radius 3 is 2.58 bits per heavy atom. The first-order valence-electron chi connectivity index (χ1n) is 6.74. The average molecular weight is 265 g/mol. The minimum Gasteiger partial charge on any atom is -0.285 e. The molecule has 19 heavy (non-hydrogen) atoms. The number of hydrogen-bond donors (Lipinski definition) is 0. The number of allylic oxidation sites excluding steroid dienone is 4. The lowest BCUT2D eigenvalue weighted by molar-refractivity contribution is -0.153. The summed E-state index contributed by atoms with van der Waals surface area (Å²) < 4.78 is 13.1. The van der Waals surface area contributed by atoms with Crippen molar-refractivity contribution in [2.75, 3.05) is 7.05 Å². The van der Waals surface area contributed by atoms with Crippen molar-refractivity contribution in [1.29, 1.82) is 0 Å². The number of piperidine rings is 1. The molecule has 3 nitrogen and oxygen atoms in total. The van der Waals surface area contributed by atoms with E-state index in [-0.39, 0.29) is 29.6 Å². The van der Waals surface area contributed by atoms with Crippen molar-refractivity contribution in [1.82, 2.24) is 4.90 Å². The highest BCUT2D eigenvalue weighted by atomic mass is 19.1. The molecular formula is C15H20FNO2. The Hall–Kier alpha value is -1.45. The Morgan fingerprint density at radius 1 is 1.37 bits per heavy atom. The van der Waals surface area contributed by atoms with Gasteiger partial charge in [-0.25, -0.2) is 4.39 Å². The molecule has 0 radical (unpaired) electrons. The van der Waals surface area contributed by atoms with E-state index in [1.165, 1.54) is 11.0 Å². The zero-order chi connectivity index (χ0) is 14.2. The van der Waals surface area contributed by atoms with Crippen molar-refractivity contribution in [2.45, 2.75) is 32.9 Å². The summed E-state index contributed by atoms with van der Waals surface area (Å²) in [4.78, 5) is 25.4. The Kier molecular flexibility index (Phi) is 3.88. The Bertz CT molecular complexity index is 453. The number of imide groups is 1. The highest BCUT2D eigenvalue weighted by molar-refractivity contribution is 5.99. The summed E-state index contributed by atoms with van der Waals surface area (Å²) in [6.45, 7) is 3.98. The Morgan fingerprint density at radius 2 is 2.05 bits per heavy atom. The number of halogens is 1. The molecule has 2 amide bonds. The molecule has 1 unspecified atom stereocenters. The summed E-state index contributed by atoms with van der Waals surface area (Å²) in [5.41, 5.74) is 0.933. The molecule has 104 valence electrons. The van der Waals surface area contributed by atoms with Gasteiger partial charge in [-0.3, -0.25) is 14.5 Å². The third kappa shape index (κ3) is 2.62. The summed E-state index contributed by atoms with van der Waals surface area (Å²) >= 11 is 0. The van der Waals surface area contributed by atoms with Gasteiger partial charge < -0.3 is 0 Å². The number of nitrogens with zero attached hydrogens (tertiary/aromatic N) is 1. The molecule has 1 heterocycles. The van der Waals surface area contributed by atoms with Crippen LogP contribution in [0.2, 0.25) is 0 Å². The van der Waals surface area contributed by atoms with Crippen LogP contribution in [0.3, 0.4) is 0 Å². The van der Waals surface area contributed by atoms with E-state index in [0.29, 0.717) is 12.8 Å². The number of rotatable bonds is 2. The van der Waals surface area contributed by atoms with Crippen LogP contribution in [-0.2, 0) is 9.59 Å². The monoisotopic (exact) mass is 265 g/mol. The van der Waals surface area contributed by atoms with Crippen LogP contribution in [0.4, 0.5) is 4.39 Å². The molecule has 1 aliphatic carbocycles. The fourth-order valence-electron chi connectivity index (χ4n) is 2.93. The van der Waals surface area contributed by atoms with Crippen molar-refractivity contribution in [2.24, 2.45) is 17.8 Å². The topological polar surface area (TPSA) is 37.4 Å². The molecule has 2 aliphatic rings. The summed E-state index contributed by atoms with van der Waals surface area (Å²) in [5.74, 6) is -0.420. The van der Waals surface area contributed by atoms with E-state index >= 15 is 0 Å². The van der Waals surface area contributed by atoms with Crippen LogP contribution < -0.4 is 0 Å². The standard InChI is InChI=1S/C15H20FNO2/c1-9(2)14-12(8-13(18)17(3)15(14)19)10-4-6-11(16)7-5-10/h4-6,9,11-12,14H,7-8H2,1-3H3/t11?,12-,14-/m0/s1. The molecule has 3 atom stereocenters. The van der Waals surface area contributed by atoms with E-state index in [0.717, 1.165) is 5.57 Å². The number of amides is 2. The SMILES string of the molecule is CC(C)[C@@H]1C(=O)N(C)C(=O)C[C@H]1C1=CCC(F)C=C1. The van der Waals surface area contributed by atoms with E-state index in [1.54, 1.807) is 13.1 Å². The van der Waals surface area contributed by atoms with Gasteiger partial charge in [0.1, 0.15) is 6.17 Å². The number of alkyl halides is 1.